The van der Waals surface area contributed by atoms with Crippen molar-refractivity contribution in [3.8, 4) is 28.5 Å². The first kappa shape index (κ1) is 17.7. The van der Waals surface area contributed by atoms with Crippen LogP contribution >= 0.6 is 23.2 Å². The van der Waals surface area contributed by atoms with Crippen molar-refractivity contribution in [2.45, 2.75) is 0 Å². The van der Waals surface area contributed by atoms with Gasteiger partial charge in [-0.3, -0.25) is 4.40 Å². The number of halogens is 3. The Balaban J connectivity index is 1.82. The summed E-state index contributed by atoms with van der Waals surface area (Å²) in [5, 5.41) is 13.0. The van der Waals surface area contributed by atoms with Gasteiger partial charge in [-0.1, -0.05) is 23.2 Å². The van der Waals surface area contributed by atoms with E-state index in [0.717, 1.165) is 0 Å². The zero-order valence-electron chi connectivity index (χ0n) is 14.5. The van der Waals surface area contributed by atoms with Crippen molar-refractivity contribution in [2.24, 2.45) is 0 Å². The molecule has 0 N–H and O–H groups in total. The van der Waals surface area contributed by atoms with Crippen molar-refractivity contribution in [3.63, 3.8) is 0 Å². The first-order valence-electron chi connectivity index (χ1n) is 8.45. The summed E-state index contributed by atoms with van der Waals surface area (Å²) in [5.74, 6) is 0.365. The van der Waals surface area contributed by atoms with Crippen molar-refractivity contribution in [1.82, 2.24) is 34.6 Å². The van der Waals surface area contributed by atoms with Gasteiger partial charge in [0.05, 0.1) is 10.7 Å². The summed E-state index contributed by atoms with van der Waals surface area (Å²) in [4.78, 5) is 8.84. The van der Waals surface area contributed by atoms with Gasteiger partial charge in [-0.05, 0) is 59.0 Å². The molecule has 0 aliphatic carbocycles. The molecule has 5 rings (SSSR count). The highest BCUT2D eigenvalue weighted by molar-refractivity contribution is 6.33. The highest BCUT2D eigenvalue weighted by atomic mass is 35.5. The van der Waals surface area contributed by atoms with Crippen LogP contribution in [0.3, 0.4) is 0 Å². The quantitative estimate of drug-likeness (QED) is 0.425. The second kappa shape index (κ2) is 6.91. The van der Waals surface area contributed by atoms with Crippen LogP contribution in [0.4, 0.5) is 4.39 Å². The molecule has 0 fully saturated rings. The van der Waals surface area contributed by atoms with Gasteiger partial charge in [-0.25, -0.2) is 14.4 Å². The Bertz CT molecular complexity index is 1340. The molecular formula is C19H10Cl2FN7. The van der Waals surface area contributed by atoms with E-state index in [4.69, 9.17) is 23.2 Å². The monoisotopic (exact) mass is 425 g/mol. The van der Waals surface area contributed by atoms with Crippen molar-refractivity contribution in [1.29, 1.82) is 0 Å². The van der Waals surface area contributed by atoms with Gasteiger partial charge in [0.2, 0.25) is 11.6 Å². The fraction of sp³-hybridized carbons (Fsp3) is 0. The van der Waals surface area contributed by atoms with Crippen molar-refractivity contribution < 1.29 is 4.39 Å². The van der Waals surface area contributed by atoms with Gasteiger partial charge in [-0.2, -0.15) is 4.68 Å². The molecule has 10 heteroatoms. The zero-order chi connectivity index (χ0) is 20.0. The van der Waals surface area contributed by atoms with E-state index in [9.17, 15) is 4.39 Å². The maximum atomic E-state index is 14.0. The summed E-state index contributed by atoms with van der Waals surface area (Å²) >= 11 is 12.4. The number of rotatable bonds is 3. The normalized spacial score (nSPS) is 11.3. The molecular weight excluding hydrogens is 416 g/mol. The van der Waals surface area contributed by atoms with E-state index < -0.39 is 5.82 Å². The minimum absolute atomic E-state index is 0.349. The van der Waals surface area contributed by atoms with Gasteiger partial charge in [0, 0.05) is 23.0 Å². The number of aromatic nitrogens is 7. The molecule has 0 atom stereocenters. The van der Waals surface area contributed by atoms with E-state index in [0.29, 0.717) is 44.3 Å². The smallest absolute Gasteiger partial charge is 0.234 e. The number of fused-ring (bicyclic) bond motifs is 1. The number of nitrogens with zero attached hydrogens (tertiary/aromatic N) is 7. The molecule has 0 amide bonds. The third-order valence-corrected chi connectivity index (χ3v) is 4.92. The third kappa shape index (κ3) is 3.02. The molecule has 2 aromatic carbocycles. The third-order valence-electron chi connectivity index (χ3n) is 4.34. The summed E-state index contributed by atoms with van der Waals surface area (Å²) in [6, 6.07) is 12.9. The summed E-state index contributed by atoms with van der Waals surface area (Å²) < 4.78 is 17.3. The van der Waals surface area contributed by atoms with E-state index in [-0.39, 0.29) is 0 Å². The Morgan fingerprint density at radius 2 is 1.83 bits per heavy atom. The van der Waals surface area contributed by atoms with Crippen LogP contribution in [0.15, 0.2) is 60.9 Å². The molecule has 0 saturated heterocycles. The van der Waals surface area contributed by atoms with E-state index in [1.54, 1.807) is 51.8 Å². The Kier molecular flexibility index (Phi) is 4.22. The lowest BCUT2D eigenvalue weighted by Gasteiger charge is -2.08. The minimum atomic E-state index is -0.433. The van der Waals surface area contributed by atoms with Gasteiger partial charge in [0.1, 0.15) is 17.2 Å². The molecule has 7 nitrogen and oxygen atoms in total. The van der Waals surface area contributed by atoms with Crippen LogP contribution in [-0.4, -0.2) is 34.6 Å². The molecule has 29 heavy (non-hydrogen) atoms. The Hall–Kier alpha value is -3.36. The van der Waals surface area contributed by atoms with Crippen molar-refractivity contribution >= 4 is 29.0 Å². The summed E-state index contributed by atoms with van der Waals surface area (Å²) in [7, 11) is 0. The predicted octanol–water partition coefficient (Wildman–Crippen LogP) is 4.48. The predicted molar refractivity (Wildman–Crippen MR) is 107 cm³/mol. The maximum Gasteiger partial charge on any atom is 0.234 e. The highest BCUT2D eigenvalue weighted by Gasteiger charge is 2.24. The number of benzene rings is 2. The zero-order valence-corrected chi connectivity index (χ0v) is 16.0. The molecule has 5 aromatic rings. The first-order chi connectivity index (χ1) is 14.1. The fourth-order valence-corrected chi connectivity index (χ4v) is 3.39. The molecule has 0 aliphatic heterocycles. The van der Waals surface area contributed by atoms with Crippen molar-refractivity contribution in [3.05, 3.63) is 76.8 Å². The van der Waals surface area contributed by atoms with Crippen LogP contribution in [0.5, 0.6) is 0 Å². The maximum absolute atomic E-state index is 14.0. The highest BCUT2D eigenvalue weighted by Crippen LogP contribution is 2.36. The first-order valence-corrected chi connectivity index (χ1v) is 9.20. The molecule has 0 aliphatic rings. The second-order valence-corrected chi connectivity index (χ2v) is 6.96. The lowest BCUT2D eigenvalue weighted by atomic mass is 10.1. The molecule has 0 unspecified atom stereocenters. The summed E-state index contributed by atoms with van der Waals surface area (Å²) in [5.41, 5.74) is 2.06. The SMILES string of the molecule is Fc1ccc(Cl)c(-c2nc3ncccn3c2-c2nnnn2-c2ccc(Cl)cc2)c1. The lowest BCUT2D eigenvalue weighted by Crippen LogP contribution is -2.02. The van der Waals surface area contributed by atoms with E-state index in [1.807, 2.05) is 0 Å². The van der Waals surface area contributed by atoms with Gasteiger partial charge in [-0.15, -0.1) is 5.10 Å². The molecule has 0 spiro atoms. The van der Waals surface area contributed by atoms with Crippen LogP contribution in [-0.2, 0) is 0 Å². The van der Waals surface area contributed by atoms with E-state index in [1.165, 1.54) is 18.2 Å². The van der Waals surface area contributed by atoms with Gasteiger partial charge in [0.15, 0.2) is 0 Å². The number of tetrazole rings is 1. The van der Waals surface area contributed by atoms with Crippen LogP contribution < -0.4 is 0 Å². The van der Waals surface area contributed by atoms with Crippen LogP contribution in [0.1, 0.15) is 0 Å². The molecule has 0 radical (unpaired) electrons. The molecule has 0 saturated carbocycles. The Morgan fingerprint density at radius 3 is 2.66 bits per heavy atom. The van der Waals surface area contributed by atoms with E-state index >= 15 is 0 Å². The molecule has 0 bridgehead atoms. The van der Waals surface area contributed by atoms with Gasteiger partial charge < -0.3 is 0 Å². The topological polar surface area (TPSA) is 73.8 Å². The number of imidazole rings is 1. The lowest BCUT2D eigenvalue weighted by molar-refractivity contribution is 0.628. The average molecular weight is 426 g/mol. The van der Waals surface area contributed by atoms with Gasteiger partial charge >= 0.3 is 0 Å². The Labute approximate surface area is 173 Å². The molecule has 3 aromatic heterocycles. The molecule has 3 heterocycles. The summed E-state index contributed by atoms with van der Waals surface area (Å²) in [6.45, 7) is 0. The largest absolute Gasteiger partial charge is 0.280 e. The second-order valence-electron chi connectivity index (χ2n) is 6.11. The van der Waals surface area contributed by atoms with Crippen LogP contribution in [0.2, 0.25) is 10.0 Å². The summed E-state index contributed by atoms with van der Waals surface area (Å²) in [6.07, 6.45) is 3.40. The Morgan fingerprint density at radius 1 is 1.00 bits per heavy atom. The number of hydrogen-bond acceptors (Lipinski definition) is 5. The average Bonchev–Trinajstić information content (AvgIpc) is 3.34. The molecule has 142 valence electrons. The fourth-order valence-electron chi connectivity index (χ4n) is 3.06. The van der Waals surface area contributed by atoms with E-state index in [2.05, 4.69) is 25.5 Å². The standard InChI is InChI=1S/C19H10Cl2FN7/c20-11-2-5-13(6-3-11)29-18(25-26-27-29)17-16(14-10-12(22)4-7-15(14)21)24-19-23-8-1-9-28(17)19/h1-10H. The van der Waals surface area contributed by atoms with Crippen molar-refractivity contribution in [2.75, 3.05) is 0 Å². The van der Waals surface area contributed by atoms with Crippen LogP contribution in [0.25, 0.3) is 34.2 Å². The minimum Gasteiger partial charge on any atom is -0.280 e. The van der Waals surface area contributed by atoms with Gasteiger partial charge in [0.25, 0.3) is 0 Å². The number of hydrogen-bond donors (Lipinski definition) is 0. The van der Waals surface area contributed by atoms with Crippen LogP contribution in [0, 0.1) is 5.82 Å².